The van der Waals surface area contributed by atoms with Gasteiger partial charge >= 0.3 is 0 Å². The zero-order valence-electron chi connectivity index (χ0n) is 44.8. The second kappa shape index (κ2) is 20.0. The standard InChI is InChI=1S/C77H65N/c1-4-13-51(14-5-1)47-54-25-33-58(34-26-54)72(59-35-27-55(28-36-59)48-52-15-6-2-7-16-52)50-57-31-39-62(40-32-57)78(61-37-29-56(30-38-61)49-53-17-8-3-9-18-53)73-46-45-66-70-44-42-68-64-22-11-20-60-19-10-21-63(74(60)64)67-41-43-69(77(70)76(67)68)65-23-12-24-71(73)75(65)66/h10-12,19-50H,1-9,13-18H2. The Morgan fingerprint density at radius 2 is 0.628 bits per heavy atom. The van der Waals surface area contributed by atoms with E-state index < -0.39 is 0 Å². The minimum atomic E-state index is 1.13. The lowest BCUT2D eigenvalue weighted by Gasteiger charge is -2.28. The minimum Gasteiger partial charge on any atom is -0.310 e. The van der Waals surface area contributed by atoms with Crippen LogP contribution in [0.15, 0.2) is 205 Å². The van der Waals surface area contributed by atoms with Gasteiger partial charge in [0.25, 0.3) is 0 Å². The molecular weight excluding hydrogens is 939 g/mol. The fourth-order valence-corrected chi connectivity index (χ4v) is 14.3. The lowest BCUT2D eigenvalue weighted by atomic mass is 9.84. The first-order valence-electron chi connectivity index (χ1n) is 29.4. The van der Waals surface area contributed by atoms with Crippen LogP contribution in [0, 0.1) is 0 Å². The summed E-state index contributed by atoms with van der Waals surface area (Å²) in [4.78, 5) is 2.50. The summed E-state index contributed by atoms with van der Waals surface area (Å²) < 4.78 is 0. The lowest BCUT2D eigenvalue weighted by Crippen LogP contribution is -2.10. The van der Waals surface area contributed by atoms with E-state index in [4.69, 9.17) is 0 Å². The van der Waals surface area contributed by atoms with Crippen LogP contribution in [0.5, 0.6) is 0 Å². The van der Waals surface area contributed by atoms with Gasteiger partial charge in [-0.3, -0.25) is 0 Å². The van der Waals surface area contributed by atoms with E-state index in [0.717, 1.165) is 11.4 Å². The maximum atomic E-state index is 2.50. The van der Waals surface area contributed by atoms with Crippen LogP contribution in [0.1, 0.15) is 130 Å². The van der Waals surface area contributed by atoms with Gasteiger partial charge < -0.3 is 4.90 Å². The van der Waals surface area contributed by atoms with Crippen molar-refractivity contribution in [3.05, 3.63) is 238 Å². The molecule has 0 heterocycles. The second-order valence-corrected chi connectivity index (χ2v) is 23.1. The van der Waals surface area contributed by atoms with Gasteiger partial charge in [0.15, 0.2) is 0 Å². The second-order valence-electron chi connectivity index (χ2n) is 23.1. The van der Waals surface area contributed by atoms with Crippen molar-refractivity contribution in [2.75, 3.05) is 4.90 Å². The van der Waals surface area contributed by atoms with Gasteiger partial charge in [-0.05, 0) is 222 Å². The topological polar surface area (TPSA) is 3.24 Å². The van der Waals surface area contributed by atoms with Crippen molar-refractivity contribution in [3.8, 4) is 0 Å². The van der Waals surface area contributed by atoms with E-state index in [0.29, 0.717) is 0 Å². The Morgan fingerprint density at radius 1 is 0.282 bits per heavy atom. The predicted octanol–water partition coefficient (Wildman–Crippen LogP) is 22.7. The van der Waals surface area contributed by atoms with Gasteiger partial charge in [-0.2, -0.15) is 0 Å². The molecule has 0 unspecified atom stereocenters. The molecule has 12 aromatic carbocycles. The molecule has 0 bridgehead atoms. The minimum absolute atomic E-state index is 1.13. The molecule has 3 fully saturated rings. The molecule has 15 rings (SSSR count). The average Bonchev–Trinajstić information content (AvgIpc) is 2.63. The molecule has 0 radical (unpaired) electrons. The molecule has 12 aromatic rings. The van der Waals surface area contributed by atoms with Crippen LogP contribution in [0.3, 0.4) is 0 Å². The Balaban J connectivity index is 0.860. The van der Waals surface area contributed by atoms with E-state index in [1.165, 1.54) is 216 Å². The molecule has 3 aliphatic carbocycles. The third-order valence-corrected chi connectivity index (χ3v) is 18.1. The largest absolute Gasteiger partial charge is 0.310 e. The van der Waals surface area contributed by atoms with Crippen LogP contribution in [0.25, 0.3) is 105 Å². The number of fused-ring (bicyclic) bond motifs is 4. The summed E-state index contributed by atoms with van der Waals surface area (Å²) in [6.45, 7) is 0. The maximum Gasteiger partial charge on any atom is 0.0540 e. The Kier molecular flexibility index (Phi) is 12.0. The van der Waals surface area contributed by atoms with Crippen LogP contribution in [-0.4, -0.2) is 0 Å². The molecule has 0 aromatic heterocycles. The fraction of sp³-hybridized carbons (Fsp3) is 0.195. The highest BCUT2D eigenvalue weighted by molar-refractivity contribution is 6.42. The van der Waals surface area contributed by atoms with Crippen LogP contribution in [0.4, 0.5) is 17.1 Å². The summed E-state index contributed by atoms with van der Waals surface area (Å²) in [7, 11) is 0. The molecule has 0 aliphatic heterocycles. The highest BCUT2D eigenvalue weighted by Crippen LogP contribution is 2.50. The van der Waals surface area contributed by atoms with Gasteiger partial charge in [0.2, 0.25) is 0 Å². The summed E-state index contributed by atoms with van der Waals surface area (Å²) in [6.07, 6.45) is 29.0. The Morgan fingerprint density at radius 3 is 1.08 bits per heavy atom. The van der Waals surface area contributed by atoms with Crippen LogP contribution < -0.4 is 4.90 Å². The van der Waals surface area contributed by atoms with E-state index in [2.05, 4.69) is 217 Å². The number of nitrogens with zero attached hydrogens (tertiary/aromatic N) is 1. The third-order valence-electron chi connectivity index (χ3n) is 18.1. The first-order valence-corrected chi connectivity index (χ1v) is 29.4. The average molecular weight is 1000 g/mol. The van der Waals surface area contributed by atoms with Gasteiger partial charge in [-0.15, -0.1) is 0 Å². The fourth-order valence-electron chi connectivity index (χ4n) is 14.3. The number of hydrogen-bond acceptors (Lipinski definition) is 1. The Bertz CT molecular complexity index is 4150. The summed E-state index contributed by atoms with van der Waals surface area (Å²) in [5.74, 6) is 0. The summed E-state index contributed by atoms with van der Waals surface area (Å²) >= 11 is 0. The molecule has 3 saturated carbocycles. The van der Waals surface area contributed by atoms with Crippen molar-refractivity contribution in [1.29, 1.82) is 0 Å². The molecule has 0 saturated heterocycles. The molecule has 378 valence electrons. The quantitative estimate of drug-likeness (QED) is 0.0791. The predicted molar refractivity (Wildman–Crippen MR) is 339 cm³/mol. The zero-order chi connectivity index (χ0) is 51.5. The molecule has 3 aliphatic rings. The third kappa shape index (κ3) is 8.47. The molecule has 1 heteroatoms. The van der Waals surface area contributed by atoms with E-state index in [1.54, 1.807) is 16.7 Å². The van der Waals surface area contributed by atoms with Crippen molar-refractivity contribution in [3.63, 3.8) is 0 Å². The normalized spacial score (nSPS) is 15.4. The summed E-state index contributed by atoms with van der Waals surface area (Å²) in [6, 6.07) is 72.4. The van der Waals surface area contributed by atoms with E-state index in [9.17, 15) is 0 Å². The van der Waals surface area contributed by atoms with Crippen molar-refractivity contribution < 1.29 is 0 Å². The molecular formula is C77H65N. The molecule has 1 nitrogen and oxygen atoms in total. The number of anilines is 3. The Labute approximate surface area is 459 Å². The van der Waals surface area contributed by atoms with Gasteiger partial charge in [0.1, 0.15) is 0 Å². The first-order chi connectivity index (χ1) is 38.6. The summed E-state index contributed by atoms with van der Waals surface area (Å²) in [5, 5.41) is 18.6. The maximum absolute atomic E-state index is 2.50. The van der Waals surface area contributed by atoms with Crippen molar-refractivity contribution >= 4 is 122 Å². The first kappa shape index (κ1) is 47.0. The van der Waals surface area contributed by atoms with E-state index in [-0.39, 0.29) is 0 Å². The summed E-state index contributed by atoms with van der Waals surface area (Å²) in [5.41, 5.74) is 17.0. The van der Waals surface area contributed by atoms with Gasteiger partial charge in [-0.25, -0.2) is 0 Å². The Hall–Kier alpha value is -8.26. The SMILES string of the molecule is C(=C1CCCCC1)c1ccc(C(=Cc2ccc(N(c3ccc(C=C4CCCCC4)cc3)c3ccc4c5ccc6c7cccc8cccc(c9ccc(c%10cccc3c%104)c5c96)c87)cc2)c2ccc(C=C3CCCCC3)cc2)cc1. The highest BCUT2D eigenvalue weighted by Gasteiger charge is 2.23. The molecule has 0 amide bonds. The van der Waals surface area contributed by atoms with Gasteiger partial charge in [-0.1, -0.05) is 212 Å². The van der Waals surface area contributed by atoms with Gasteiger partial charge in [0, 0.05) is 16.8 Å². The van der Waals surface area contributed by atoms with E-state index >= 15 is 0 Å². The van der Waals surface area contributed by atoms with Gasteiger partial charge in [0.05, 0.1) is 5.69 Å². The number of rotatable bonds is 9. The molecule has 0 atom stereocenters. The van der Waals surface area contributed by atoms with Crippen molar-refractivity contribution in [1.82, 2.24) is 0 Å². The number of benzene rings is 12. The van der Waals surface area contributed by atoms with Crippen LogP contribution in [0.2, 0.25) is 0 Å². The molecule has 0 N–H and O–H groups in total. The lowest BCUT2D eigenvalue weighted by molar-refractivity contribution is 0.602. The highest BCUT2D eigenvalue weighted by atomic mass is 15.1. The van der Waals surface area contributed by atoms with Crippen LogP contribution in [-0.2, 0) is 0 Å². The smallest absolute Gasteiger partial charge is 0.0540 e. The number of hydrogen-bond donors (Lipinski definition) is 0. The number of allylic oxidation sites excluding steroid dienone is 3. The monoisotopic (exact) mass is 1000 g/mol. The molecule has 0 spiro atoms. The van der Waals surface area contributed by atoms with Crippen LogP contribution >= 0.6 is 0 Å². The van der Waals surface area contributed by atoms with Crippen molar-refractivity contribution in [2.45, 2.75) is 96.3 Å². The van der Waals surface area contributed by atoms with E-state index in [1.807, 2.05) is 0 Å². The zero-order valence-corrected chi connectivity index (χ0v) is 44.8. The molecule has 78 heavy (non-hydrogen) atoms. The van der Waals surface area contributed by atoms with Crippen molar-refractivity contribution in [2.24, 2.45) is 0 Å².